The number of hydrogen-bond donors (Lipinski definition) is 1. The monoisotopic (exact) mass is 314 g/mol. The predicted molar refractivity (Wildman–Crippen MR) is 88.5 cm³/mol. The van der Waals surface area contributed by atoms with Crippen LogP contribution in [0.3, 0.4) is 0 Å². The third-order valence-electron chi connectivity index (χ3n) is 3.98. The normalized spacial score (nSPS) is 23.2. The van der Waals surface area contributed by atoms with Crippen LogP contribution in [-0.4, -0.2) is 41.9 Å². The first-order valence-electron chi connectivity index (χ1n) is 6.74. The van der Waals surface area contributed by atoms with Crippen molar-refractivity contribution in [3.05, 3.63) is 35.9 Å². The highest BCUT2D eigenvalue weighted by atomic mass is 35.5. The molecular formula is C15H23ClN2OS. The average Bonchev–Trinajstić information content (AvgIpc) is 2.90. The van der Waals surface area contributed by atoms with E-state index in [1.165, 1.54) is 5.56 Å². The molecule has 1 aromatic carbocycles. The molecule has 1 aliphatic rings. The van der Waals surface area contributed by atoms with Crippen LogP contribution in [0, 0.1) is 5.92 Å². The Hall–Kier alpha value is -0.710. The number of benzene rings is 1. The summed E-state index contributed by atoms with van der Waals surface area (Å²) >= 11 is 1.60. The van der Waals surface area contributed by atoms with Crippen molar-refractivity contribution in [3.63, 3.8) is 0 Å². The van der Waals surface area contributed by atoms with Gasteiger partial charge in [0.2, 0.25) is 5.91 Å². The molecule has 20 heavy (non-hydrogen) atoms. The van der Waals surface area contributed by atoms with E-state index < -0.39 is 0 Å². The topological polar surface area (TPSA) is 46.3 Å². The zero-order valence-corrected chi connectivity index (χ0v) is 13.6. The predicted octanol–water partition coefficient (Wildman–Crippen LogP) is 2.36. The zero-order chi connectivity index (χ0) is 13.8. The summed E-state index contributed by atoms with van der Waals surface area (Å²) in [5, 5.41) is 0.0351. The Morgan fingerprint density at radius 3 is 2.60 bits per heavy atom. The quantitative estimate of drug-likeness (QED) is 0.928. The fraction of sp³-hybridized carbons (Fsp3) is 0.533. The Morgan fingerprint density at radius 2 is 2.05 bits per heavy atom. The standard InChI is InChI=1S/C15H22N2OS.ClH/c1-11(19-2)15(18)17-9-13(8-16)14(10-17)12-6-4-3-5-7-12;/h3-7,11,13-14H,8-10,16H2,1-2H3;1H/t11?,13-,14+;/m1./s1. The lowest BCUT2D eigenvalue weighted by Gasteiger charge is -2.19. The van der Waals surface area contributed by atoms with E-state index in [-0.39, 0.29) is 23.6 Å². The highest BCUT2D eigenvalue weighted by Crippen LogP contribution is 2.32. The SMILES string of the molecule is CSC(C)C(=O)N1C[C@@H](CN)[C@H](c2ccccc2)C1.Cl. The van der Waals surface area contributed by atoms with Crippen LogP contribution < -0.4 is 5.73 Å². The number of carbonyl (C=O) groups excluding carboxylic acids is 1. The van der Waals surface area contributed by atoms with Gasteiger partial charge in [-0.2, -0.15) is 11.8 Å². The van der Waals surface area contributed by atoms with E-state index >= 15 is 0 Å². The number of hydrogen-bond acceptors (Lipinski definition) is 3. The number of nitrogens with two attached hydrogens (primary N) is 1. The second-order valence-electron chi connectivity index (χ2n) is 5.13. The highest BCUT2D eigenvalue weighted by molar-refractivity contribution is 7.99. The number of rotatable bonds is 4. The number of halogens is 1. The van der Waals surface area contributed by atoms with E-state index in [0.29, 0.717) is 18.4 Å². The van der Waals surface area contributed by atoms with Gasteiger partial charge in [0.25, 0.3) is 0 Å². The molecule has 2 N–H and O–H groups in total. The number of likely N-dealkylation sites (tertiary alicyclic amines) is 1. The van der Waals surface area contributed by atoms with Crippen molar-refractivity contribution in [2.75, 3.05) is 25.9 Å². The Morgan fingerprint density at radius 1 is 1.40 bits per heavy atom. The lowest BCUT2D eigenvalue weighted by atomic mass is 9.89. The summed E-state index contributed by atoms with van der Waals surface area (Å²) in [7, 11) is 0. The molecule has 1 fully saturated rings. The van der Waals surface area contributed by atoms with Crippen LogP contribution >= 0.6 is 24.2 Å². The molecule has 0 aliphatic carbocycles. The summed E-state index contributed by atoms with van der Waals surface area (Å²) in [5.74, 6) is 0.994. The molecule has 1 aromatic rings. The molecule has 1 saturated heterocycles. The van der Waals surface area contributed by atoms with Gasteiger partial charge in [-0.05, 0) is 31.2 Å². The first-order chi connectivity index (χ1) is 9.17. The number of nitrogens with zero attached hydrogens (tertiary/aromatic N) is 1. The van der Waals surface area contributed by atoms with Gasteiger partial charge in [-0.15, -0.1) is 12.4 Å². The molecule has 5 heteroatoms. The minimum atomic E-state index is 0. The number of thioether (sulfide) groups is 1. The third kappa shape index (κ3) is 3.68. The molecule has 112 valence electrons. The largest absolute Gasteiger partial charge is 0.341 e. The van der Waals surface area contributed by atoms with Gasteiger partial charge in [0.1, 0.15) is 0 Å². The van der Waals surface area contributed by atoms with Gasteiger partial charge in [-0.25, -0.2) is 0 Å². The van der Waals surface area contributed by atoms with Crippen LogP contribution in [0.5, 0.6) is 0 Å². The Labute approximate surface area is 131 Å². The lowest BCUT2D eigenvalue weighted by molar-refractivity contribution is -0.129. The maximum absolute atomic E-state index is 12.3. The van der Waals surface area contributed by atoms with Crippen molar-refractivity contribution in [3.8, 4) is 0 Å². The van der Waals surface area contributed by atoms with Gasteiger partial charge in [0.15, 0.2) is 0 Å². The number of carbonyl (C=O) groups is 1. The second-order valence-corrected chi connectivity index (χ2v) is 6.31. The molecule has 0 aromatic heterocycles. The summed E-state index contributed by atoms with van der Waals surface area (Å²) in [5.41, 5.74) is 7.19. The summed E-state index contributed by atoms with van der Waals surface area (Å²) in [4.78, 5) is 14.3. The molecule has 1 amide bonds. The first-order valence-corrected chi connectivity index (χ1v) is 8.02. The van der Waals surface area contributed by atoms with Gasteiger partial charge >= 0.3 is 0 Å². The molecule has 1 aliphatic heterocycles. The van der Waals surface area contributed by atoms with Crippen LogP contribution in [-0.2, 0) is 4.79 Å². The van der Waals surface area contributed by atoms with Crippen molar-refractivity contribution < 1.29 is 4.79 Å². The Balaban J connectivity index is 0.00000200. The number of amides is 1. The van der Waals surface area contributed by atoms with Crippen LogP contribution in [0.25, 0.3) is 0 Å². The van der Waals surface area contributed by atoms with Gasteiger partial charge in [-0.3, -0.25) is 4.79 Å². The van der Waals surface area contributed by atoms with E-state index in [4.69, 9.17) is 5.73 Å². The minimum Gasteiger partial charge on any atom is -0.341 e. The van der Waals surface area contributed by atoms with E-state index in [9.17, 15) is 4.79 Å². The van der Waals surface area contributed by atoms with Crippen LogP contribution in [0.15, 0.2) is 30.3 Å². The summed E-state index contributed by atoms with van der Waals surface area (Å²) in [6.45, 7) is 4.20. The third-order valence-corrected chi connectivity index (χ3v) is 4.89. The molecule has 1 heterocycles. The van der Waals surface area contributed by atoms with Crippen molar-refractivity contribution in [1.29, 1.82) is 0 Å². The molecule has 0 radical (unpaired) electrons. The fourth-order valence-corrected chi connectivity index (χ4v) is 3.08. The summed E-state index contributed by atoms with van der Waals surface area (Å²) in [6, 6.07) is 10.4. The molecule has 3 nitrogen and oxygen atoms in total. The molecule has 0 spiro atoms. The smallest absolute Gasteiger partial charge is 0.235 e. The fourth-order valence-electron chi connectivity index (χ4n) is 2.73. The van der Waals surface area contributed by atoms with Crippen molar-refractivity contribution >= 4 is 30.1 Å². The molecule has 1 unspecified atom stereocenters. The summed E-state index contributed by atoms with van der Waals surface area (Å²) in [6.07, 6.45) is 1.98. The van der Waals surface area contributed by atoms with Crippen molar-refractivity contribution in [1.82, 2.24) is 4.90 Å². The van der Waals surface area contributed by atoms with E-state index in [0.717, 1.165) is 13.1 Å². The van der Waals surface area contributed by atoms with E-state index in [1.807, 2.05) is 24.1 Å². The Bertz CT molecular complexity index is 429. The lowest BCUT2D eigenvalue weighted by Crippen LogP contribution is -2.35. The van der Waals surface area contributed by atoms with Crippen molar-refractivity contribution in [2.24, 2.45) is 11.7 Å². The molecule has 0 saturated carbocycles. The van der Waals surface area contributed by atoms with Gasteiger partial charge in [-0.1, -0.05) is 30.3 Å². The van der Waals surface area contributed by atoms with Crippen LogP contribution in [0.4, 0.5) is 0 Å². The highest BCUT2D eigenvalue weighted by Gasteiger charge is 2.36. The first kappa shape index (κ1) is 17.3. The maximum atomic E-state index is 12.3. The van der Waals surface area contributed by atoms with E-state index in [2.05, 4.69) is 24.3 Å². The average molecular weight is 315 g/mol. The van der Waals surface area contributed by atoms with Gasteiger partial charge in [0.05, 0.1) is 5.25 Å². The summed E-state index contributed by atoms with van der Waals surface area (Å²) < 4.78 is 0. The van der Waals surface area contributed by atoms with E-state index in [1.54, 1.807) is 11.8 Å². The molecule has 3 atom stereocenters. The van der Waals surface area contributed by atoms with Crippen LogP contribution in [0.1, 0.15) is 18.4 Å². The van der Waals surface area contributed by atoms with Gasteiger partial charge < -0.3 is 10.6 Å². The second kappa shape index (κ2) is 7.91. The molecule has 0 bridgehead atoms. The minimum absolute atomic E-state index is 0. The van der Waals surface area contributed by atoms with Crippen molar-refractivity contribution in [2.45, 2.75) is 18.1 Å². The molecular weight excluding hydrogens is 292 g/mol. The maximum Gasteiger partial charge on any atom is 0.235 e. The van der Waals surface area contributed by atoms with Crippen LogP contribution in [0.2, 0.25) is 0 Å². The van der Waals surface area contributed by atoms with Gasteiger partial charge in [0, 0.05) is 19.0 Å². The Kier molecular flexibility index (Phi) is 6.86. The zero-order valence-electron chi connectivity index (χ0n) is 12.0. The molecule has 2 rings (SSSR count).